The third kappa shape index (κ3) is 2.11. The molecule has 0 spiro atoms. The van der Waals surface area contributed by atoms with E-state index >= 15 is 0 Å². The van der Waals surface area contributed by atoms with Crippen LogP contribution in [-0.2, 0) is 4.74 Å². The number of ether oxygens (including phenoxy) is 2. The molecule has 5 heteroatoms. The summed E-state index contributed by atoms with van der Waals surface area (Å²) in [4.78, 5) is 19.0. The lowest BCUT2D eigenvalue weighted by Gasteiger charge is -2.20. The Morgan fingerprint density at radius 2 is 2.00 bits per heavy atom. The zero-order valence-corrected chi connectivity index (χ0v) is 12.8. The van der Waals surface area contributed by atoms with Crippen LogP contribution in [0.4, 0.5) is 0 Å². The van der Waals surface area contributed by atoms with Gasteiger partial charge in [-0.3, -0.25) is 4.79 Å². The summed E-state index contributed by atoms with van der Waals surface area (Å²) in [5.74, 6) is 1.31. The second-order valence-corrected chi connectivity index (χ2v) is 6.51. The molecule has 0 saturated carbocycles. The first-order valence-corrected chi connectivity index (χ1v) is 7.88. The molecule has 2 saturated heterocycles. The van der Waals surface area contributed by atoms with Crippen LogP contribution < -0.4 is 4.74 Å². The number of likely N-dealkylation sites (tertiary alicyclic amines) is 1. The van der Waals surface area contributed by atoms with Gasteiger partial charge in [-0.15, -0.1) is 0 Å². The highest BCUT2D eigenvalue weighted by molar-refractivity contribution is 5.96. The number of amides is 1. The summed E-state index contributed by atoms with van der Waals surface area (Å²) < 4.78 is 11.5. The normalized spacial score (nSPS) is 31.9. The topological polar surface area (TPSA) is 51.7 Å². The summed E-state index contributed by atoms with van der Waals surface area (Å²) in [5.41, 5.74) is 0.553. The molecule has 116 valence electrons. The summed E-state index contributed by atoms with van der Waals surface area (Å²) in [7, 11) is 0. The predicted octanol–water partition coefficient (Wildman–Crippen LogP) is 1.89. The van der Waals surface area contributed by atoms with Crippen molar-refractivity contribution in [3.63, 3.8) is 0 Å². The highest BCUT2D eigenvalue weighted by atomic mass is 16.5. The Labute approximate surface area is 129 Å². The molecule has 4 rings (SSSR count). The number of aromatic nitrogens is 1. The highest BCUT2D eigenvalue weighted by Crippen LogP contribution is 2.44. The van der Waals surface area contributed by atoms with Crippen LogP contribution >= 0.6 is 0 Å². The third-order valence-electron chi connectivity index (χ3n) is 4.70. The quantitative estimate of drug-likeness (QED) is 0.800. The minimum atomic E-state index is -0.00662. The van der Waals surface area contributed by atoms with Crippen molar-refractivity contribution in [1.29, 1.82) is 0 Å². The molecule has 4 unspecified atom stereocenters. The maximum Gasteiger partial charge on any atom is 0.259 e. The molecule has 4 heterocycles. The zero-order chi connectivity index (χ0) is 15.3. The first-order chi connectivity index (χ1) is 10.6. The molecule has 0 aromatic carbocycles. The molecule has 1 amide bonds. The zero-order valence-electron chi connectivity index (χ0n) is 12.8. The van der Waals surface area contributed by atoms with E-state index in [-0.39, 0.29) is 24.2 Å². The number of rotatable bonds is 3. The van der Waals surface area contributed by atoms with E-state index in [1.807, 2.05) is 18.7 Å². The fourth-order valence-electron chi connectivity index (χ4n) is 3.73. The van der Waals surface area contributed by atoms with E-state index in [1.165, 1.54) is 0 Å². The number of fused-ring (bicyclic) bond motifs is 5. The smallest absolute Gasteiger partial charge is 0.259 e. The van der Waals surface area contributed by atoms with Gasteiger partial charge in [0.15, 0.2) is 0 Å². The van der Waals surface area contributed by atoms with Crippen LogP contribution in [0.2, 0.25) is 0 Å². The Hall–Kier alpha value is -1.88. The number of pyridine rings is 1. The second kappa shape index (κ2) is 5.09. The van der Waals surface area contributed by atoms with Gasteiger partial charge in [-0.2, -0.15) is 0 Å². The lowest BCUT2D eigenvalue weighted by Crippen LogP contribution is -2.32. The van der Waals surface area contributed by atoms with Crippen LogP contribution in [0, 0.1) is 11.8 Å². The summed E-state index contributed by atoms with van der Waals surface area (Å²) in [5, 5.41) is 0. The minimum Gasteiger partial charge on any atom is -0.474 e. The Morgan fingerprint density at radius 1 is 1.32 bits per heavy atom. The SMILES string of the molecule is CC(C)Oc1ncccc1C(=O)N1CC2C3C=CC(O3)C2C1. The van der Waals surface area contributed by atoms with E-state index in [1.54, 1.807) is 18.3 Å². The second-order valence-electron chi connectivity index (χ2n) is 6.51. The Balaban J connectivity index is 1.54. The van der Waals surface area contributed by atoms with Crippen molar-refractivity contribution in [2.75, 3.05) is 13.1 Å². The Bertz CT molecular complexity index is 608. The first kappa shape index (κ1) is 13.8. The molecule has 0 aliphatic carbocycles. The minimum absolute atomic E-state index is 0.00662. The Kier molecular flexibility index (Phi) is 3.18. The first-order valence-electron chi connectivity index (χ1n) is 7.88. The number of hydrogen-bond acceptors (Lipinski definition) is 4. The largest absolute Gasteiger partial charge is 0.474 e. The van der Waals surface area contributed by atoms with Crippen molar-refractivity contribution in [1.82, 2.24) is 9.88 Å². The molecular formula is C17H20N2O3. The van der Waals surface area contributed by atoms with Crippen LogP contribution in [0.15, 0.2) is 30.5 Å². The molecule has 2 bridgehead atoms. The van der Waals surface area contributed by atoms with E-state index in [0.29, 0.717) is 23.3 Å². The molecule has 4 atom stereocenters. The molecule has 22 heavy (non-hydrogen) atoms. The van der Waals surface area contributed by atoms with Crippen LogP contribution in [0.1, 0.15) is 24.2 Å². The van der Waals surface area contributed by atoms with Gasteiger partial charge in [-0.25, -0.2) is 4.98 Å². The molecule has 2 fully saturated rings. The lowest BCUT2D eigenvalue weighted by atomic mass is 9.86. The van der Waals surface area contributed by atoms with Crippen molar-refractivity contribution in [2.24, 2.45) is 11.8 Å². The average molecular weight is 300 g/mol. The summed E-state index contributed by atoms with van der Waals surface area (Å²) in [6, 6.07) is 3.58. The van der Waals surface area contributed by atoms with Crippen molar-refractivity contribution in [2.45, 2.75) is 32.2 Å². The van der Waals surface area contributed by atoms with Gasteiger partial charge in [0, 0.05) is 31.1 Å². The average Bonchev–Trinajstić information content (AvgIpc) is 3.19. The maximum absolute atomic E-state index is 12.9. The molecule has 0 N–H and O–H groups in total. The van der Waals surface area contributed by atoms with E-state index in [0.717, 1.165) is 13.1 Å². The van der Waals surface area contributed by atoms with Crippen LogP contribution in [0.25, 0.3) is 0 Å². The van der Waals surface area contributed by atoms with Gasteiger partial charge >= 0.3 is 0 Å². The van der Waals surface area contributed by atoms with E-state index in [4.69, 9.17) is 9.47 Å². The van der Waals surface area contributed by atoms with Gasteiger partial charge in [-0.05, 0) is 26.0 Å². The molecular weight excluding hydrogens is 280 g/mol. The van der Waals surface area contributed by atoms with Crippen molar-refractivity contribution >= 4 is 5.91 Å². The Morgan fingerprint density at radius 3 is 2.64 bits per heavy atom. The van der Waals surface area contributed by atoms with Crippen molar-refractivity contribution in [3.8, 4) is 5.88 Å². The summed E-state index contributed by atoms with van der Waals surface area (Å²) in [6.45, 7) is 5.38. The van der Waals surface area contributed by atoms with Gasteiger partial charge in [0.1, 0.15) is 5.56 Å². The van der Waals surface area contributed by atoms with Crippen molar-refractivity contribution in [3.05, 3.63) is 36.0 Å². The fraction of sp³-hybridized carbons (Fsp3) is 0.529. The number of carbonyl (C=O) groups excluding carboxylic acids is 1. The molecule has 1 aromatic heterocycles. The molecule has 0 radical (unpaired) electrons. The molecule has 5 nitrogen and oxygen atoms in total. The van der Waals surface area contributed by atoms with Gasteiger partial charge in [0.05, 0.1) is 18.3 Å². The van der Waals surface area contributed by atoms with Gasteiger partial charge in [-0.1, -0.05) is 12.2 Å². The molecule has 3 aliphatic rings. The maximum atomic E-state index is 12.9. The summed E-state index contributed by atoms with van der Waals surface area (Å²) >= 11 is 0. The summed E-state index contributed by atoms with van der Waals surface area (Å²) in [6.07, 6.45) is 6.30. The van der Waals surface area contributed by atoms with E-state index < -0.39 is 0 Å². The van der Waals surface area contributed by atoms with Crippen LogP contribution in [0.3, 0.4) is 0 Å². The van der Waals surface area contributed by atoms with Gasteiger partial charge in [0.25, 0.3) is 5.91 Å². The van der Waals surface area contributed by atoms with E-state index in [2.05, 4.69) is 17.1 Å². The van der Waals surface area contributed by atoms with Crippen LogP contribution in [0.5, 0.6) is 5.88 Å². The standard InChI is InChI=1S/C17H20N2O3/c1-10(2)21-16-11(4-3-7-18-16)17(20)19-8-12-13(9-19)15-6-5-14(12)22-15/h3-7,10,12-15H,8-9H2,1-2H3. The molecule has 3 aliphatic heterocycles. The number of carbonyl (C=O) groups is 1. The van der Waals surface area contributed by atoms with Crippen molar-refractivity contribution < 1.29 is 14.3 Å². The van der Waals surface area contributed by atoms with Gasteiger partial charge in [0.2, 0.25) is 5.88 Å². The number of nitrogens with zero attached hydrogens (tertiary/aromatic N) is 2. The highest BCUT2D eigenvalue weighted by Gasteiger charge is 2.51. The fourth-order valence-corrected chi connectivity index (χ4v) is 3.73. The van der Waals surface area contributed by atoms with E-state index in [9.17, 15) is 4.79 Å². The van der Waals surface area contributed by atoms with Crippen LogP contribution in [-0.4, -0.2) is 47.2 Å². The predicted molar refractivity (Wildman–Crippen MR) is 80.7 cm³/mol. The van der Waals surface area contributed by atoms with Gasteiger partial charge < -0.3 is 14.4 Å². The molecule has 1 aromatic rings. The monoisotopic (exact) mass is 300 g/mol. The third-order valence-corrected chi connectivity index (χ3v) is 4.70. The number of hydrogen-bond donors (Lipinski definition) is 0. The lowest BCUT2D eigenvalue weighted by molar-refractivity contribution is 0.0650.